The molecule has 0 unspecified atom stereocenters. The van der Waals surface area contributed by atoms with Crippen LogP contribution in [-0.2, 0) is 0 Å². The highest BCUT2D eigenvalue weighted by Crippen LogP contribution is 2.27. The van der Waals surface area contributed by atoms with Gasteiger partial charge < -0.3 is 9.67 Å². The number of fused-ring (bicyclic) bond motifs is 1. The van der Waals surface area contributed by atoms with Gasteiger partial charge in [-0.2, -0.15) is 0 Å². The lowest BCUT2D eigenvalue weighted by atomic mass is 10.0. The van der Waals surface area contributed by atoms with Crippen molar-refractivity contribution in [1.82, 2.24) is 4.57 Å². The Bertz CT molecular complexity index is 1110. The summed E-state index contributed by atoms with van der Waals surface area (Å²) in [6, 6.07) is 23.5. The highest BCUT2D eigenvalue weighted by atomic mass is 16.4. The molecule has 26 heavy (non-hydrogen) atoms. The average Bonchev–Trinajstić information content (AvgIpc) is 3.08. The van der Waals surface area contributed by atoms with E-state index >= 15 is 0 Å². The molecule has 4 heteroatoms. The maximum atomic E-state index is 13.0. The molecule has 0 saturated heterocycles. The molecule has 0 spiro atoms. The maximum Gasteiger partial charge on any atom is 0.335 e. The van der Waals surface area contributed by atoms with Gasteiger partial charge in [-0.15, -0.1) is 0 Å². The number of carboxylic acid groups (broad SMARTS) is 1. The fourth-order valence-corrected chi connectivity index (χ4v) is 3.08. The molecule has 0 fully saturated rings. The van der Waals surface area contributed by atoms with Crippen molar-refractivity contribution >= 4 is 22.7 Å². The van der Waals surface area contributed by atoms with Crippen LogP contribution >= 0.6 is 0 Å². The lowest BCUT2D eigenvalue weighted by Gasteiger charge is -2.05. The van der Waals surface area contributed by atoms with Gasteiger partial charge in [-0.3, -0.25) is 4.79 Å². The second-order valence-electron chi connectivity index (χ2n) is 5.98. The number of carbonyl (C=O) groups is 2. The number of ketones is 1. The van der Waals surface area contributed by atoms with Crippen molar-refractivity contribution in [2.75, 3.05) is 0 Å². The van der Waals surface area contributed by atoms with E-state index < -0.39 is 5.97 Å². The Morgan fingerprint density at radius 3 is 2.08 bits per heavy atom. The first-order valence-electron chi connectivity index (χ1n) is 8.19. The maximum absolute atomic E-state index is 13.0. The van der Waals surface area contributed by atoms with Gasteiger partial charge in [0.1, 0.15) is 0 Å². The smallest absolute Gasteiger partial charge is 0.335 e. The van der Waals surface area contributed by atoms with Crippen LogP contribution in [0.15, 0.2) is 85.1 Å². The first kappa shape index (κ1) is 15.8. The second-order valence-corrected chi connectivity index (χ2v) is 5.98. The Morgan fingerprint density at radius 2 is 1.38 bits per heavy atom. The van der Waals surface area contributed by atoms with Gasteiger partial charge in [0, 0.05) is 28.4 Å². The Kier molecular flexibility index (Phi) is 3.86. The lowest BCUT2D eigenvalue weighted by molar-refractivity contribution is 0.0696. The number of aromatic nitrogens is 1. The molecular formula is C22H15NO3. The molecular weight excluding hydrogens is 326 g/mol. The van der Waals surface area contributed by atoms with E-state index in [1.54, 1.807) is 36.4 Å². The van der Waals surface area contributed by atoms with E-state index in [1.165, 1.54) is 0 Å². The summed E-state index contributed by atoms with van der Waals surface area (Å²) in [5.74, 6) is -1.00. The van der Waals surface area contributed by atoms with Gasteiger partial charge in [0.2, 0.25) is 0 Å². The summed E-state index contributed by atoms with van der Waals surface area (Å²) in [5, 5.41) is 9.93. The number of aromatic carboxylic acids is 1. The van der Waals surface area contributed by atoms with Gasteiger partial charge in [0.05, 0.1) is 11.1 Å². The van der Waals surface area contributed by atoms with E-state index in [4.69, 9.17) is 5.11 Å². The van der Waals surface area contributed by atoms with Gasteiger partial charge >= 0.3 is 5.97 Å². The standard InChI is InChI=1S/C22H15NO3/c24-21(15-6-2-1-3-7-15)19-14-23(20-9-5-4-8-18(19)20)17-12-10-16(11-13-17)22(25)26/h1-14H,(H,25,26). The van der Waals surface area contributed by atoms with Crippen molar-refractivity contribution in [2.45, 2.75) is 0 Å². The average molecular weight is 341 g/mol. The van der Waals surface area contributed by atoms with Crippen LogP contribution in [0.1, 0.15) is 26.3 Å². The van der Waals surface area contributed by atoms with Crippen molar-refractivity contribution in [2.24, 2.45) is 0 Å². The summed E-state index contributed by atoms with van der Waals surface area (Å²) in [7, 11) is 0. The molecule has 126 valence electrons. The van der Waals surface area contributed by atoms with Gasteiger partial charge in [-0.1, -0.05) is 48.5 Å². The molecule has 1 heterocycles. The highest BCUT2D eigenvalue weighted by molar-refractivity contribution is 6.16. The van der Waals surface area contributed by atoms with Crippen LogP contribution in [0.25, 0.3) is 16.6 Å². The second kappa shape index (κ2) is 6.33. The number of benzene rings is 3. The predicted molar refractivity (Wildman–Crippen MR) is 100 cm³/mol. The van der Waals surface area contributed by atoms with Crippen LogP contribution in [0.5, 0.6) is 0 Å². The first-order chi connectivity index (χ1) is 12.6. The van der Waals surface area contributed by atoms with Crippen molar-refractivity contribution < 1.29 is 14.7 Å². The number of carboxylic acids is 1. The molecule has 3 aromatic carbocycles. The van der Waals surface area contributed by atoms with Gasteiger partial charge in [-0.25, -0.2) is 4.79 Å². The number of nitrogens with zero attached hydrogens (tertiary/aromatic N) is 1. The van der Waals surface area contributed by atoms with Crippen LogP contribution in [0.4, 0.5) is 0 Å². The van der Waals surface area contributed by atoms with E-state index in [9.17, 15) is 9.59 Å². The van der Waals surface area contributed by atoms with E-state index in [2.05, 4.69) is 0 Å². The number of hydrogen-bond donors (Lipinski definition) is 1. The van der Waals surface area contributed by atoms with Crippen molar-refractivity contribution in [3.8, 4) is 5.69 Å². The molecule has 0 atom stereocenters. The van der Waals surface area contributed by atoms with Crippen LogP contribution in [-0.4, -0.2) is 21.4 Å². The number of para-hydroxylation sites is 1. The fourth-order valence-electron chi connectivity index (χ4n) is 3.08. The largest absolute Gasteiger partial charge is 0.478 e. The third-order valence-corrected chi connectivity index (χ3v) is 4.38. The minimum Gasteiger partial charge on any atom is -0.478 e. The third kappa shape index (κ3) is 2.67. The molecule has 4 nitrogen and oxygen atoms in total. The Morgan fingerprint density at radius 1 is 0.731 bits per heavy atom. The molecule has 0 radical (unpaired) electrons. The molecule has 4 rings (SSSR count). The van der Waals surface area contributed by atoms with Crippen LogP contribution in [0.2, 0.25) is 0 Å². The molecule has 1 aromatic heterocycles. The topological polar surface area (TPSA) is 59.3 Å². The van der Waals surface area contributed by atoms with E-state index in [-0.39, 0.29) is 11.3 Å². The molecule has 1 N–H and O–H groups in total. The molecule has 0 aliphatic heterocycles. The van der Waals surface area contributed by atoms with Crippen molar-refractivity contribution in [3.05, 3.63) is 102 Å². The summed E-state index contributed by atoms with van der Waals surface area (Å²) in [4.78, 5) is 24.0. The Balaban J connectivity index is 1.87. The zero-order valence-electron chi connectivity index (χ0n) is 13.8. The monoisotopic (exact) mass is 341 g/mol. The minimum absolute atomic E-state index is 0.0392. The molecule has 0 amide bonds. The molecule has 0 aliphatic carbocycles. The molecule has 0 aliphatic rings. The lowest BCUT2D eigenvalue weighted by Crippen LogP contribution is -2.00. The van der Waals surface area contributed by atoms with E-state index in [1.807, 2.05) is 53.2 Å². The van der Waals surface area contributed by atoms with Crippen molar-refractivity contribution in [3.63, 3.8) is 0 Å². The van der Waals surface area contributed by atoms with Crippen LogP contribution in [0.3, 0.4) is 0 Å². The molecule has 0 bridgehead atoms. The highest BCUT2D eigenvalue weighted by Gasteiger charge is 2.17. The van der Waals surface area contributed by atoms with Crippen LogP contribution < -0.4 is 0 Å². The zero-order chi connectivity index (χ0) is 18.1. The molecule has 0 saturated carbocycles. The zero-order valence-corrected chi connectivity index (χ0v) is 13.8. The van der Waals surface area contributed by atoms with E-state index in [0.717, 1.165) is 16.6 Å². The van der Waals surface area contributed by atoms with Crippen molar-refractivity contribution in [1.29, 1.82) is 0 Å². The fraction of sp³-hybridized carbons (Fsp3) is 0. The van der Waals surface area contributed by atoms with Gasteiger partial charge in [0.15, 0.2) is 5.78 Å². The predicted octanol–water partition coefficient (Wildman–Crippen LogP) is 4.56. The van der Waals surface area contributed by atoms with Gasteiger partial charge in [0.25, 0.3) is 0 Å². The summed E-state index contributed by atoms with van der Waals surface area (Å²) < 4.78 is 1.91. The number of carbonyl (C=O) groups excluding carboxylic acids is 1. The minimum atomic E-state index is -0.964. The Hall–Kier alpha value is -3.66. The number of hydrogen-bond acceptors (Lipinski definition) is 2. The summed E-state index contributed by atoms with van der Waals surface area (Å²) in [5.41, 5.74) is 3.18. The molecule has 4 aromatic rings. The summed E-state index contributed by atoms with van der Waals surface area (Å²) in [6.07, 6.45) is 1.82. The summed E-state index contributed by atoms with van der Waals surface area (Å²) >= 11 is 0. The first-order valence-corrected chi connectivity index (χ1v) is 8.19. The van der Waals surface area contributed by atoms with Gasteiger partial charge in [-0.05, 0) is 30.3 Å². The number of rotatable bonds is 4. The van der Waals surface area contributed by atoms with E-state index in [0.29, 0.717) is 11.1 Å². The Labute approximate surface area is 149 Å². The SMILES string of the molecule is O=C(O)c1ccc(-n2cc(C(=O)c3ccccc3)c3ccccc32)cc1. The normalized spacial score (nSPS) is 10.8. The van der Waals surface area contributed by atoms with Crippen LogP contribution in [0, 0.1) is 0 Å². The summed E-state index contributed by atoms with van der Waals surface area (Å²) in [6.45, 7) is 0. The quantitative estimate of drug-likeness (QED) is 0.554. The third-order valence-electron chi connectivity index (χ3n) is 4.38.